The molecule has 2 aromatic carbocycles. The lowest BCUT2D eigenvalue weighted by Gasteiger charge is -2.06. The summed E-state index contributed by atoms with van der Waals surface area (Å²) < 4.78 is 29.1. The molecule has 1 amide bonds. The van der Waals surface area contributed by atoms with Gasteiger partial charge in [-0.05, 0) is 43.3 Å². The van der Waals surface area contributed by atoms with Crippen LogP contribution in [0.25, 0.3) is 16.3 Å². The van der Waals surface area contributed by atoms with E-state index in [1.807, 2.05) is 19.1 Å². The minimum Gasteiger partial charge on any atom is -0.351 e. The van der Waals surface area contributed by atoms with Gasteiger partial charge in [0.15, 0.2) is 5.82 Å². The third-order valence-electron chi connectivity index (χ3n) is 4.44. The molecule has 0 bridgehead atoms. The van der Waals surface area contributed by atoms with Crippen molar-refractivity contribution in [1.82, 2.24) is 19.9 Å². The van der Waals surface area contributed by atoms with Crippen molar-refractivity contribution < 1.29 is 13.6 Å². The van der Waals surface area contributed by atoms with E-state index in [0.29, 0.717) is 17.3 Å². The van der Waals surface area contributed by atoms with Gasteiger partial charge in [0.05, 0.1) is 5.69 Å². The summed E-state index contributed by atoms with van der Waals surface area (Å²) in [6.07, 6.45) is 0.500. The molecule has 0 fully saturated rings. The van der Waals surface area contributed by atoms with Crippen molar-refractivity contribution in [1.29, 1.82) is 0 Å². The van der Waals surface area contributed by atoms with Crippen LogP contribution in [0.2, 0.25) is 5.02 Å². The number of hydrogen-bond acceptors (Lipinski definition) is 4. The highest BCUT2D eigenvalue weighted by molar-refractivity contribution is 7.17. The molecule has 4 rings (SSSR count). The van der Waals surface area contributed by atoms with Crippen LogP contribution in [0, 0.1) is 18.6 Å². The minimum absolute atomic E-state index is 0.237. The topological polar surface area (TPSA) is 59.3 Å². The molecule has 2 aromatic heterocycles. The van der Waals surface area contributed by atoms with Gasteiger partial charge >= 0.3 is 0 Å². The van der Waals surface area contributed by atoms with Gasteiger partial charge in [0, 0.05) is 28.4 Å². The zero-order valence-corrected chi connectivity index (χ0v) is 16.8. The Morgan fingerprint density at radius 3 is 2.52 bits per heavy atom. The SMILES string of the molecule is Cc1c(CCNC(=O)c2c(F)cccc2F)sc2nc(-c3ccc(Cl)cc3)nn12. The predicted octanol–water partition coefficient (Wildman–Crippen LogP) is 4.67. The first-order valence-electron chi connectivity index (χ1n) is 8.77. The standard InChI is InChI=1S/C20H15ClF2N4OS/c1-11-16(9-10-24-19(28)17-14(22)3-2-4-15(17)23)29-20-25-18(26-27(11)20)12-5-7-13(21)8-6-12/h2-8H,9-10H2,1H3,(H,24,28). The van der Waals surface area contributed by atoms with Gasteiger partial charge in [-0.3, -0.25) is 4.79 Å². The van der Waals surface area contributed by atoms with Crippen LogP contribution in [0.15, 0.2) is 42.5 Å². The molecule has 4 aromatic rings. The summed E-state index contributed by atoms with van der Waals surface area (Å²) in [5, 5.41) is 7.74. The van der Waals surface area contributed by atoms with Gasteiger partial charge < -0.3 is 5.32 Å². The largest absolute Gasteiger partial charge is 0.351 e. The Balaban J connectivity index is 1.46. The number of amides is 1. The molecule has 0 radical (unpaired) electrons. The van der Waals surface area contributed by atoms with Crippen LogP contribution < -0.4 is 5.32 Å². The number of aromatic nitrogens is 3. The van der Waals surface area contributed by atoms with Crippen LogP contribution in [0.1, 0.15) is 20.9 Å². The molecule has 0 aliphatic carbocycles. The number of rotatable bonds is 5. The number of hydrogen-bond donors (Lipinski definition) is 1. The number of thiazole rings is 1. The van der Waals surface area contributed by atoms with Crippen molar-refractivity contribution in [2.75, 3.05) is 6.54 Å². The van der Waals surface area contributed by atoms with Gasteiger partial charge in [-0.2, -0.15) is 4.98 Å². The molecule has 0 spiro atoms. The van der Waals surface area contributed by atoms with Gasteiger partial charge in [-0.1, -0.05) is 29.0 Å². The van der Waals surface area contributed by atoms with E-state index in [1.54, 1.807) is 16.6 Å². The first-order chi connectivity index (χ1) is 13.9. The highest BCUT2D eigenvalue weighted by Crippen LogP contribution is 2.26. The van der Waals surface area contributed by atoms with E-state index in [9.17, 15) is 13.6 Å². The fourth-order valence-corrected chi connectivity index (χ4v) is 4.11. The maximum Gasteiger partial charge on any atom is 0.257 e. The van der Waals surface area contributed by atoms with Crippen LogP contribution in [-0.4, -0.2) is 27.0 Å². The van der Waals surface area contributed by atoms with E-state index in [-0.39, 0.29) is 6.54 Å². The third-order valence-corrected chi connectivity index (χ3v) is 5.89. The van der Waals surface area contributed by atoms with E-state index in [4.69, 9.17) is 11.6 Å². The normalized spacial score (nSPS) is 11.2. The Morgan fingerprint density at radius 2 is 1.86 bits per heavy atom. The van der Waals surface area contributed by atoms with Gasteiger partial charge in [-0.15, -0.1) is 5.10 Å². The van der Waals surface area contributed by atoms with Gasteiger partial charge in [-0.25, -0.2) is 13.3 Å². The zero-order valence-electron chi connectivity index (χ0n) is 15.2. The predicted molar refractivity (Wildman–Crippen MR) is 108 cm³/mol. The number of nitrogens with zero attached hydrogens (tertiary/aromatic N) is 3. The Bertz CT molecular complexity index is 1180. The lowest BCUT2D eigenvalue weighted by Crippen LogP contribution is -2.27. The van der Waals surface area contributed by atoms with E-state index >= 15 is 0 Å². The van der Waals surface area contributed by atoms with Crippen LogP contribution >= 0.6 is 22.9 Å². The monoisotopic (exact) mass is 432 g/mol. The van der Waals surface area contributed by atoms with Crippen LogP contribution in [0.5, 0.6) is 0 Å². The summed E-state index contributed by atoms with van der Waals surface area (Å²) in [4.78, 5) is 18.3. The van der Waals surface area contributed by atoms with Crippen molar-refractivity contribution in [3.8, 4) is 11.4 Å². The van der Waals surface area contributed by atoms with Crippen molar-refractivity contribution >= 4 is 33.8 Å². The van der Waals surface area contributed by atoms with Crippen LogP contribution in [0.3, 0.4) is 0 Å². The molecule has 0 aliphatic rings. The first-order valence-corrected chi connectivity index (χ1v) is 9.96. The molecule has 9 heteroatoms. The lowest BCUT2D eigenvalue weighted by molar-refractivity contribution is 0.0945. The molecule has 0 aliphatic heterocycles. The molecule has 148 valence electrons. The second kappa shape index (κ2) is 7.88. The number of aryl methyl sites for hydroxylation is 1. The summed E-state index contributed by atoms with van der Waals surface area (Å²) in [5.41, 5.74) is 1.20. The number of carbonyl (C=O) groups excluding carboxylic acids is 1. The highest BCUT2D eigenvalue weighted by atomic mass is 35.5. The molecule has 1 N–H and O–H groups in total. The van der Waals surface area contributed by atoms with Crippen molar-refractivity contribution in [3.05, 3.63) is 75.3 Å². The highest BCUT2D eigenvalue weighted by Gasteiger charge is 2.18. The molecule has 0 atom stereocenters. The molecule has 5 nitrogen and oxygen atoms in total. The molecular formula is C20H15ClF2N4OS. The Labute approximate surface area is 174 Å². The summed E-state index contributed by atoms with van der Waals surface area (Å²) in [6, 6.07) is 10.6. The van der Waals surface area contributed by atoms with E-state index in [2.05, 4.69) is 15.4 Å². The number of nitrogens with one attached hydrogen (secondary N) is 1. The maximum absolute atomic E-state index is 13.7. The van der Waals surface area contributed by atoms with E-state index < -0.39 is 23.1 Å². The van der Waals surface area contributed by atoms with Crippen LogP contribution in [-0.2, 0) is 6.42 Å². The van der Waals surface area contributed by atoms with Gasteiger partial charge in [0.2, 0.25) is 4.96 Å². The lowest BCUT2D eigenvalue weighted by atomic mass is 10.2. The fourth-order valence-electron chi connectivity index (χ4n) is 2.93. The average Bonchev–Trinajstić information content (AvgIpc) is 3.22. The molecule has 0 unspecified atom stereocenters. The fraction of sp³-hybridized carbons (Fsp3) is 0.150. The van der Waals surface area contributed by atoms with Crippen molar-refractivity contribution in [2.24, 2.45) is 0 Å². The van der Waals surface area contributed by atoms with Crippen molar-refractivity contribution in [2.45, 2.75) is 13.3 Å². The zero-order chi connectivity index (χ0) is 20.5. The Hall–Kier alpha value is -2.84. The third kappa shape index (κ3) is 3.86. The minimum atomic E-state index is -0.882. The summed E-state index contributed by atoms with van der Waals surface area (Å²) in [6.45, 7) is 2.15. The van der Waals surface area contributed by atoms with E-state index in [0.717, 1.165) is 33.2 Å². The first kappa shape index (κ1) is 19.5. The number of halogens is 3. The number of fused-ring (bicyclic) bond motifs is 1. The molecule has 29 heavy (non-hydrogen) atoms. The molecular weight excluding hydrogens is 418 g/mol. The van der Waals surface area contributed by atoms with Gasteiger partial charge in [0.1, 0.15) is 17.2 Å². The summed E-state index contributed by atoms with van der Waals surface area (Å²) >= 11 is 7.37. The molecule has 2 heterocycles. The summed E-state index contributed by atoms with van der Waals surface area (Å²) in [7, 11) is 0. The molecule has 0 saturated carbocycles. The van der Waals surface area contributed by atoms with Gasteiger partial charge in [0.25, 0.3) is 5.91 Å². The maximum atomic E-state index is 13.7. The second-order valence-corrected chi connectivity index (χ2v) is 7.85. The Morgan fingerprint density at radius 1 is 1.17 bits per heavy atom. The smallest absolute Gasteiger partial charge is 0.257 e. The second-order valence-electron chi connectivity index (χ2n) is 6.35. The van der Waals surface area contributed by atoms with Crippen LogP contribution in [0.4, 0.5) is 8.78 Å². The summed E-state index contributed by atoms with van der Waals surface area (Å²) in [5.74, 6) is -1.94. The number of benzene rings is 2. The number of carbonyl (C=O) groups is 1. The molecule has 0 saturated heterocycles. The average molecular weight is 433 g/mol. The van der Waals surface area contributed by atoms with Crippen molar-refractivity contribution in [3.63, 3.8) is 0 Å². The Kier molecular flexibility index (Phi) is 5.29. The quantitative estimate of drug-likeness (QED) is 0.498. The van der Waals surface area contributed by atoms with E-state index in [1.165, 1.54) is 17.4 Å².